The maximum atomic E-state index is 12.2. The molecular formula is C16H12N6O. The summed E-state index contributed by atoms with van der Waals surface area (Å²) >= 11 is 0. The van der Waals surface area contributed by atoms with Crippen molar-refractivity contribution in [3.63, 3.8) is 0 Å². The van der Waals surface area contributed by atoms with Crippen molar-refractivity contribution < 1.29 is 4.79 Å². The predicted molar refractivity (Wildman–Crippen MR) is 85.0 cm³/mol. The fourth-order valence-corrected chi connectivity index (χ4v) is 2.38. The van der Waals surface area contributed by atoms with E-state index in [1.807, 2.05) is 59.3 Å². The molecule has 3 heterocycles. The molecule has 2 N–H and O–H groups in total. The van der Waals surface area contributed by atoms with Gasteiger partial charge >= 0.3 is 0 Å². The summed E-state index contributed by atoms with van der Waals surface area (Å²) in [6, 6.07) is 13.3. The number of aromatic nitrogens is 5. The lowest BCUT2D eigenvalue weighted by Crippen LogP contribution is -2.14. The van der Waals surface area contributed by atoms with Gasteiger partial charge in [-0.05, 0) is 18.2 Å². The first-order chi connectivity index (χ1) is 11.3. The van der Waals surface area contributed by atoms with Crippen LogP contribution in [0.25, 0.3) is 16.9 Å². The molecule has 0 unspecified atom stereocenters. The second-order valence-electron chi connectivity index (χ2n) is 4.93. The van der Waals surface area contributed by atoms with E-state index in [0.717, 1.165) is 16.9 Å². The summed E-state index contributed by atoms with van der Waals surface area (Å²) in [5, 5.41) is 9.06. The van der Waals surface area contributed by atoms with Crippen LogP contribution in [0.5, 0.6) is 0 Å². The topological polar surface area (TPSA) is 88.0 Å². The molecule has 1 amide bonds. The van der Waals surface area contributed by atoms with Crippen molar-refractivity contribution in [1.82, 2.24) is 24.6 Å². The molecule has 23 heavy (non-hydrogen) atoms. The highest BCUT2D eigenvalue weighted by molar-refractivity contribution is 6.03. The van der Waals surface area contributed by atoms with E-state index in [1.165, 1.54) is 6.33 Å². The molecule has 0 atom stereocenters. The monoisotopic (exact) mass is 304 g/mol. The van der Waals surface area contributed by atoms with E-state index in [2.05, 4.69) is 25.5 Å². The van der Waals surface area contributed by atoms with E-state index in [0.29, 0.717) is 5.69 Å². The van der Waals surface area contributed by atoms with E-state index in [1.54, 1.807) is 0 Å². The van der Waals surface area contributed by atoms with Crippen LogP contribution in [0.4, 0.5) is 5.69 Å². The largest absolute Gasteiger partial charge is 0.319 e. The highest BCUT2D eigenvalue weighted by Gasteiger charge is 2.13. The first kappa shape index (κ1) is 13.2. The Kier molecular flexibility index (Phi) is 3.09. The summed E-state index contributed by atoms with van der Waals surface area (Å²) in [4.78, 5) is 20.6. The quantitative estimate of drug-likeness (QED) is 0.608. The third-order valence-corrected chi connectivity index (χ3v) is 3.45. The number of carbonyl (C=O) groups is 1. The van der Waals surface area contributed by atoms with Crippen molar-refractivity contribution in [1.29, 1.82) is 0 Å². The Hall–Kier alpha value is -3.48. The Morgan fingerprint density at radius 3 is 2.83 bits per heavy atom. The van der Waals surface area contributed by atoms with Crippen LogP contribution in [0.2, 0.25) is 0 Å². The molecule has 0 fully saturated rings. The summed E-state index contributed by atoms with van der Waals surface area (Å²) in [5.41, 5.74) is 3.13. The Morgan fingerprint density at radius 1 is 1.13 bits per heavy atom. The second kappa shape index (κ2) is 5.38. The van der Waals surface area contributed by atoms with Gasteiger partial charge in [-0.1, -0.05) is 24.3 Å². The number of imidazole rings is 1. The maximum Gasteiger partial charge on any atom is 0.292 e. The molecule has 7 heteroatoms. The lowest BCUT2D eigenvalue weighted by atomic mass is 10.1. The number of benzene rings is 1. The van der Waals surface area contributed by atoms with Gasteiger partial charge in [-0.15, -0.1) is 0 Å². The minimum Gasteiger partial charge on any atom is -0.319 e. The van der Waals surface area contributed by atoms with E-state index >= 15 is 0 Å². The first-order valence-electron chi connectivity index (χ1n) is 7.01. The summed E-state index contributed by atoms with van der Waals surface area (Å²) in [5.74, 6) is -0.187. The Bertz CT molecular complexity index is 940. The van der Waals surface area contributed by atoms with Crippen molar-refractivity contribution in [2.45, 2.75) is 0 Å². The molecule has 0 saturated heterocycles. The van der Waals surface area contributed by atoms with E-state index in [9.17, 15) is 4.79 Å². The number of carbonyl (C=O) groups excluding carboxylic acids is 1. The van der Waals surface area contributed by atoms with E-state index in [4.69, 9.17) is 0 Å². The average molecular weight is 304 g/mol. The first-order valence-corrected chi connectivity index (χ1v) is 7.01. The summed E-state index contributed by atoms with van der Waals surface area (Å²) in [7, 11) is 0. The molecule has 0 aliphatic rings. The fourth-order valence-electron chi connectivity index (χ4n) is 2.38. The van der Waals surface area contributed by atoms with Crippen molar-refractivity contribution in [2.75, 3.05) is 5.32 Å². The number of nitrogens with zero attached hydrogens (tertiary/aromatic N) is 4. The number of amides is 1. The summed E-state index contributed by atoms with van der Waals surface area (Å²) < 4.78 is 1.93. The van der Waals surface area contributed by atoms with Gasteiger partial charge in [0.2, 0.25) is 5.82 Å². The molecule has 0 aliphatic heterocycles. The van der Waals surface area contributed by atoms with Crippen LogP contribution in [-0.4, -0.2) is 30.5 Å². The summed E-state index contributed by atoms with van der Waals surface area (Å²) in [6.07, 6.45) is 5.15. The average Bonchev–Trinajstić information content (AvgIpc) is 3.25. The van der Waals surface area contributed by atoms with Gasteiger partial charge < -0.3 is 9.72 Å². The number of nitrogens with one attached hydrogen (secondary N) is 2. The number of hydrogen-bond donors (Lipinski definition) is 2. The Morgan fingerprint density at radius 2 is 2.00 bits per heavy atom. The van der Waals surface area contributed by atoms with Crippen LogP contribution in [0, 0.1) is 0 Å². The molecule has 4 aromatic rings. The fraction of sp³-hybridized carbons (Fsp3) is 0. The number of rotatable bonds is 3. The zero-order valence-electron chi connectivity index (χ0n) is 12.0. The van der Waals surface area contributed by atoms with Gasteiger partial charge in [0.15, 0.2) is 0 Å². The Balaban J connectivity index is 1.73. The van der Waals surface area contributed by atoms with E-state index < -0.39 is 0 Å². The molecule has 1 aromatic carbocycles. The third-order valence-electron chi connectivity index (χ3n) is 3.45. The smallest absolute Gasteiger partial charge is 0.292 e. The van der Waals surface area contributed by atoms with E-state index in [-0.39, 0.29) is 11.7 Å². The zero-order valence-corrected chi connectivity index (χ0v) is 12.0. The number of anilines is 1. The van der Waals surface area contributed by atoms with Gasteiger partial charge in [0, 0.05) is 18.0 Å². The van der Waals surface area contributed by atoms with Gasteiger partial charge in [-0.3, -0.25) is 9.89 Å². The number of pyridine rings is 1. The van der Waals surface area contributed by atoms with Crippen molar-refractivity contribution in [3.8, 4) is 11.3 Å². The highest BCUT2D eigenvalue weighted by atomic mass is 16.2. The lowest BCUT2D eigenvalue weighted by molar-refractivity contribution is 0.101. The second-order valence-corrected chi connectivity index (χ2v) is 4.93. The van der Waals surface area contributed by atoms with Gasteiger partial charge in [0.25, 0.3) is 5.91 Å². The standard InChI is InChI=1S/C16H12N6O/c23-16(15-17-10-18-21-15)20-12-6-2-1-5-11(12)13-9-22-8-4-3-7-14(22)19-13/h1-10H,(H,20,23)(H,17,18,21). The predicted octanol–water partition coefficient (Wildman–Crippen LogP) is 2.37. The molecular weight excluding hydrogens is 292 g/mol. The van der Waals surface area contributed by atoms with Crippen LogP contribution in [-0.2, 0) is 0 Å². The number of aromatic amines is 1. The van der Waals surface area contributed by atoms with Crippen LogP contribution >= 0.6 is 0 Å². The van der Waals surface area contributed by atoms with Gasteiger partial charge in [0.05, 0.1) is 11.4 Å². The third kappa shape index (κ3) is 2.44. The molecule has 0 bridgehead atoms. The van der Waals surface area contributed by atoms with Crippen molar-refractivity contribution in [2.24, 2.45) is 0 Å². The van der Waals surface area contributed by atoms with Crippen molar-refractivity contribution in [3.05, 3.63) is 67.0 Å². The SMILES string of the molecule is O=C(Nc1ccccc1-c1cn2ccccc2n1)c1ncn[nH]1. The number of H-pyrrole nitrogens is 1. The number of hydrogen-bond acceptors (Lipinski definition) is 4. The normalized spacial score (nSPS) is 10.8. The Labute approximate surface area is 131 Å². The van der Waals surface area contributed by atoms with Gasteiger partial charge in [0.1, 0.15) is 12.0 Å². The molecule has 0 aliphatic carbocycles. The van der Waals surface area contributed by atoms with Gasteiger partial charge in [-0.25, -0.2) is 9.97 Å². The highest BCUT2D eigenvalue weighted by Crippen LogP contribution is 2.27. The van der Waals surface area contributed by atoms with Gasteiger partial charge in [-0.2, -0.15) is 5.10 Å². The zero-order chi connectivity index (χ0) is 15.6. The van der Waals surface area contributed by atoms with Crippen molar-refractivity contribution >= 4 is 17.2 Å². The summed E-state index contributed by atoms with van der Waals surface area (Å²) in [6.45, 7) is 0. The molecule has 0 saturated carbocycles. The number of para-hydroxylation sites is 1. The molecule has 112 valence electrons. The molecule has 0 spiro atoms. The number of fused-ring (bicyclic) bond motifs is 1. The molecule has 4 rings (SSSR count). The van der Waals surface area contributed by atoms with Crippen LogP contribution in [0.3, 0.4) is 0 Å². The lowest BCUT2D eigenvalue weighted by Gasteiger charge is -2.07. The molecule has 0 radical (unpaired) electrons. The minimum atomic E-state index is -0.348. The molecule has 7 nitrogen and oxygen atoms in total. The van der Waals surface area contributed by atoms with Crippen LogP contribution in [0.1, 0.15) is 10.6 Å². The maximum absolute atomic E-state index is 12.2. The van der Waals surface area contributed by atoms with Crippen LogP contribution in [0.15, 0.2) is 61.2 Å². The van der Waals surface area contributed by atoms with Crippen LogP contribution < -0.4 is 5.32 Å². The molecule has 3 aromatic heterocycles. The minimum absolute atomic E-state index is 0.162.